The summed E-state index contributed by atoms with van der Waals surface area (Å²) < 4.78 is 2.01. The monoisotopic (exact) mass is 277 g/mol. The smallest absolute Gasteiger partial charge is 0.160 e. The van der Waals surface area contributed by atoms with E-state index in [1.54, 1.807) is 12.4 Å². The molecule has 0 aromatic carbocycles. The molecule has 3 aromatic rings. The number of pyridine rings is 2. The van der Waals surface area contributed by atoms with Crippen LogP contribution in [0.3, 0.4) is 0 Å². The van der Waals surface area contributed by atoms with E-state index in [4.69, 9.17) is 10.2 Å². The van der Waals surface area contributed by atoms with E-state index < -0.39 is 0 Å². The molecule has 21 heavy (non-hydrogen) atoms. The van der Waals surface area contributed by atoms with Crippen molar-refractivity contribution in [2.45, 2.75) is 20.4 Å². The van der Waals surface area contributed by atoms with Gasteiger partial charge < -0.3 is 4.57 Å². The topological polar surface area (TPSA) is 67.4 Å². The van der Waals surface area contributed by atoms with Gasteiger partial charge in [0.15, 0.2) is 5.65 Å². The van der Waals surface area contributed by atoms with Crippen LogP contribution in [0.25, 0.3) is 22.6 Å². The van der Waals surface area contributed by atoms with E-state index in [9.17, 15) is 0 Å². The van der Waals surface area contributed by atoms with Crippen LogP contribution in [0.15, 0.2) is 36.8 Å². The first-order valence-corrected chi connectivity index (χ1v) is 6.82. The fourth-order valence-electron chi connectivity index (χ4n) is 2.32. The van der Waals surface area contributed by atoms with E-state index >= 15 is 0 Å². The average molecular weight is 277 g/mol. The summed E-state index contributed by atoms with van der Waals surface area (Å²) in [6.45, 7) is 4.46. The molecule has 0 radical (unpaired) electrons. The van der Waals surface area contributed by atoms with Crippen molar-refractivity contribution in [3.05, 3.63) is 42.4 Å². The quantitative estimate of drug-likeness (QED) is 0.738. The van der Waals surface area contributed by atoms with Crippen molar-refractivity contribution in [1.29, 1.82) is 5.26 Å². The molecule has 0 fully saturated rings. The van der Waals surface area contributed by atoms with Crippen LogP contribution < -0.4 is 0 Å². The van der Waals surface area contributed by atoms with Gasteiger partial charge in [-0.05, 0) is 37.6 Å². The Labute approximate surface area is 122 Å². The highest BCUT2D eigenvalue weighted by atomic mass is 15.1. The van der Waals surface area contributed by atoms with Crippen molar-refractivity contribution in [3.63, 3.8) is 0 Å². The first kappa shape index (κ1) is 13.3. The van der Waals surface area contributed by atoms with Gasteiger partial charge in [0.1, 0.15) is 11.3 Å². The van der Waals surface area contributed by atoms with Gasteiger partial charge in [-0.2, -0.15) is 5.26 Å². The number of hydrogen-bond acceptors (Lipinski definition) is 4. The van der Waals surface area contributed by atoms with Crippen LogP contribution in [0.4, 0.5) is 0 Å². The molecule has 0 amide bonds. The standard InChI is InChI=1S/C16H15N5/c1-11-7-14-16(19-9-11)21(10-12(2)8-17)15(20-14)13-3-5-18-6-4-13/h3-7,9,12H,10H2,1-2H3. The van der Waals surface area contributed by atoms with E-state index in [1.165, 1.54) is 0 Å². The molecule has 0 saturated carbocycles. The first-order chi connectivity index (χ1) is 10.2. The number of aromatic nitrogens is 4. The Hall–Kier alpha value is -2.74. The summed E-state index contributed by atoms with van der Waals surface area (Å²) in [5, 5.41) is 9.10. The maximum atomic E-state index is 9.10. The Balaban J connectivity index is 2.22. The van der Waals surface area contributed by atoms with Crippen LogP contribution in [0, 0.1) is 24.2 Å². The van der Waals surface area contributed by atoms with E-state index in [-0.39, 0.29) is 5.92 Å². The molecule has 0 aliphatic rings. The van der Waals surface area contributed by atoms with Crippen molar-refractivity contribution in [3.8, 4) is 17.5 Å². The number of fused-ring (bicyclic) bond motifs is 1. The molecule has 3 aromatic heterocycles. The zero-order chi connectivity index (χ0) is 14.8. The van der Waals surface area contributed by atoms with E-state index in [2.05, 4.69) is 16.0 Å². The Morgan fingerprint density at radius 1 is 1.33 bits per heavy atom. The van der Waals surface area contributed by atoms with Gasteiger partial charge in [0, 0.05) is 30.7 Å². The molecule has 5 nitrogen and oxygen atoms in total. The van der Waals surface area contributed by atoms with Gasteiger partial charge in [0.25, 0.3) is 0 Å². The maximum Gasteiger partial charge on any atom is 0.160 e. The highest BCUT2D eigenvalue weighted by Gasteiger charge is 2.15. The highest BCUT2D eigenvalue weighted by Crippen LogP contribution is 2.24. The van der Waals surface area contributed by atoms with Crippen LogP contribution in [0.2, 0.25) is 0 Å². The van der Waals surface area contributed by atoms with E-state index in [0.717, 1.165) is 28.1 Å². The Bertz CT molecular complexity index is 814. The molecule has 0 aliphatic heterocycles. The van der Waals surface area contributed by atoms with Gasteiger partial charge in [-0.25, -0.2) is 9.97 Å². The molecule has 104 valence electrons. The van der Waals surface area contributed by atoms with Crippen LogP contribution in [0.1, 0.15) is 12.5 Å². The Kier molecular flexibility index (Phi) is 3.36. The Morgan fingerprint density at radius 2 is 2.10 bits per heavy atom. The summed E-state index contributed by atoms with van der Waals surface area (Å²) in [5.74, 6) is 0.721. The molecule has 5 heteroatoms. The number of nitriles is 1. The van der Waals surface area contributed by atoms with Crippen molar-refractivity contribution >= 4 is 11.2 Å². The SMILES string of the molecule is Cc1cnc2c(c1)nc(-c1ccncc1)n2CC(C)C#N. The minimum absolute atomic E-state index is 0.105. The lowest BCUT2D eigenvalue weighted by Gasteiger charge is -2.09. The van der Waals surface area contributed by atoms with Gasteiger partial charge >= 0.3 is 0 Å². The zero-order valence-corrected chi connectivity index (χ0v) is 12.0. The van der Waals surface area contributed by atoms with Gasteiger partial charge in [-0.3, -0.25) is 4.98 Å². The molecule has 3 heterocycles. The predicted octanol–water partition coefficient (Wildman–Crippen LogP) is 2.96. The third-order valence-electron chi connectivity index (χ3n) is 3.34. The molecular formula is C16H15N5. The first-order valence-electron chi connectivity index (χ1n) is 6.82. The van der Waals surface area contributed by atoms with Crippen LogP contribution in [0.5, 0.6) is 0 Å². The third kappa shape index (κ3) is 2.48. The summed E-state index contributed by atoms with van der Waals surface area (Å²) >= 11 is 0. The van der Waals surface area contributed by atoms with Gasteiger partial charge in [0.2, 0.25) is 0 Å². The number of nitrogens with zero attached hydrogens (tertiary/aromatic N) is 5. The second-order valence-electron chi connectivity index (χ2n) is 5.17. The molecule has 3 rings (SSSR count). The predicted molar refractivity (Wildman–Crippen MR) is 80.3 cm³/mol. The van der Waals surface area contributed by atoms with Crippen molar-refractivity contribution < 1.29 is 0 Å². The summed E-state index contributed by atoms with van der Waals surface area (Å²) in [5.41, 5.74) is 3.72. The second-order valence-corrected chi connectivity index (χ2v) is 5.17. The summed E-state index contributed by atoms with van der Waals surface area (Å²) in [4.78, 5) is 13.2. The minimum Gasteiger partial charge on any atom is -0.307 e. The maximum absolute atomic E-state index is 9.10. The van der Waals surface area contributed by atoms with E-state index in [1.807, 2.05) is 42.8 Å². The van der Waals surface area contributed by atoms with E-state index in [0.29, 0.717) is 6.54 Å². The molecule has 0 aliphatic carbocycles. The molecular weight excluding hydrogens is 262 g/mol. The molecule has 0 N–H and O–H groups in total. The lowest BCUT2D eigenvalue weighted by molar-refractivity contribution is 0.594. The highest BCUT2D eigenvalue weighted by molar-refractivity contribution is 5.77. The van der Waals surface area contributed by atoms with Crippen molar-refractivity contribution in [2.75, 3.05) is 0 Å². The number of hydrogen-bond donors (Lipinski definition) is 0. The largest absolute Gasteiger partial charge is 0.307 e. The number of aryl methyl sites for hydroxylation is 1. The summed E-state index contributed by atoms with van der Waals surface area (Å²) in [7, 11) is 0. The van der Waals surface area contributed by atoms with Gasteiger partial charge in [-0.15, -0.1) is 0 Å². The number of imidazole rings is 1. The van der Waals surface area contributed by atoms with Gasteiger partial charge in [0.05, 0.1) is 12.0 Å². The lowest BCUT2D eigenvalue weighted by atomic mass is 10.2. The molecule has 1 atom stereocenters. The van der Waals surface area contributed by atoms with Gasteiger partial charge in [-0.1, -0.05) is 0 Å². The molecule has 1 unspecified atom stereocenters. The van der Waals surface area contributed by atoms with Crippen LogP contribution >= 0.6 is 0 Å². The summed E-state index contributed by atoms with van der Waals surface area (Å²) in [6.07, 6.45) is 5.31. The summed E-state index contributed by atoms with van der Waals surface area (Å²) in [6, 6.07) is 8.12. The molecule has 0 bridgehead atoms. The normalized spacial score (nSPS) is 12.2. The minimum atomic E-state index is -0.105. The molecule has 0 spiro atoms. The Morgan fingerprint density at radius 3 is 2.81 bits per heavy atom. The lowest BCUT2D eigenvalue weighted by Crippen LogP contribution is -2.08. The molecule has 0 saturated heterocycles. The van der Waals surface area contributed by atoms with Crippen LogP contribution in [-0.4, -0.2) is 19.5 Å². The van der Waals surface area contributed by atoms with Crippen molar-refractivity contribution in [1.82, 2.24) is 19.5 Å². The fourth-order valence-corrected chi connectivity index (χ4v) is 2.32. The van der Waals surface area contributed by atoms with Crippen LogP contribution in [-0.2, 0) is 6.54 Å². The average Bonchev–Trinajstić information content (AvgIpc) is 2.85. The zero-order valence-electron chi connectivity index (χ0n) is 12.0. The van der Waals surface area contributed by atoms with Crippen molar-refractivity contribution in [2.24, 2.45) is 5.92 Å². The second kappa shape index (κ2) is 5.33. The third-order valence-corrected chi connectivity index (χ3v) is 3.34. The number of rotatable bonds is 3. The fraction of sp³-hybridized carbons (Fsp3) is 0.250.